The van der Waals surface area contributed by atoms with Crippen LogP contribution >= 0.6 is 11.6 Å². The molecular weight excluding hydrogens is 292 g/mol. The van der Waals surface area contributed by atoms with Gasteiger partial charge in [-0.1, -0.05) is 11.6 Å². The van der Waals surface area contributed by atoms with E-state index in [4.69, 9.17) is 16.3 Å². The summed E-state index contributed by atoms with van der Waals surface area (Å²) >= 11 is 5.98. The second-order valence-electron chi connectivity index (χ2n) is 4.43. The maximum atomic E-state index is 11.9. The van der Waals surface area contributed by atoms with Gasteiger partial charge in [-0.25, -0.2) is 18.4 Å². The predicted octanol–water partition coefficient (Wildman–Crippen LogP) is 1.13. The average molecular weight is 305 g/mol. The van der Waals surface area contributed by atoms with Gasteiger partial charge in [0.1, 0.15) is 5.15 Å². The highest BCUT2D eigenvalue weighted by Crippen LogP contribution is 2.50. The van der Waals surface area contributed by atoms with Crippen LogP contribution in [0.2, 0.25) is 5.15 Å². The molecule has 1 aromatic heterocycles. The van der Waals surface area contributed by atoms with Crippen molar-refractivity contribution in [3.05, 3.63) is 16.9 Å². The Labute approximate surface area is 116 Å². The lowest BCUT2D eigenvalue weighted by Gasteiger charge is -2.14. The minimum atomic E-state index is -3.52. The molecule has 2 rings (SSSR count). The summed E-state index contributed by atoms with van der Waals surface area (Å²) < 4.78 is 27.7. The lowest BCUT2D eigenvalue weighted by molar-refractivity contribution is -0.146. The molecule has 19 heavy (non-hydrogen) atoms. The lowest BCUT2D eigenvalue weighted by Crippen LogP contribution is -2.24. The maximum Gasteiger partial charge on any atom is 0.316 e. The van der Waals surface area contributed by atoms with Crippen LogP contribution in [0, 0.1) is 0 Å². The standard InChI is InChI=1S/C11H13ClN2O4S/c1-3-18-9(15)11(4-5-11)7-6-13-10(14-8(7)12)19(2,16)17/h6H,3-5H2,1-2H3. The van der Waals surface area contributed by atoms with E-state index in [1.807, 2.05) is 0 Å². The van der Waals surface area contributed by atoms with Gasteiger partial charge in [0.2, 0.25) is 15.0 Å². The van der Waals surface area contributed by atoms with Gasteiger partial charge in [-0.2, -0.15) is 0 Å². The Morgan fingerprint density at radius 2 is 2.16 bits per heavy atom. The molecule has 8 heteroatoms. The number of ether oxygens (including phenoxy) is 1. The van der Waals surface area contributed by atoms with Gasteiger partial charge in [0.15, 0.2) is 0 Å². The summed E-state index contributed by atoms with van der Waals surface area (Å²) in [5, 5.41) is -0.359. The number of rotatable bonds is 4. The van der Waals surface area contributed by atoms with Crippen molar-refractivity contribution < 1.29 is 17.9 Å². The molecule has 1 aliphatic carbocycles. The third kappa shape index (κ3) is 2.57. The minimum Gasteiger partial charge on any atom is -0.465 e. The SMILES string of the molecule is CCOC(=O)C1(c2cnc(S(C)(=O)=O)nc2Cl)CC1. The van der Waals surface area contributed by atoms with E-state index in [-0.39, 0.29) is 22.9 Å². The fourth-order valence-electron chi connectivity index (χ4n) is 1.82. The highest BCUT2D eigenvalue weighted by Gasteiger charge is 2.54. The van der Waals surface area contributed by atoms with Crippen LogP contribution in [0.3, 0.4) is 0 Å². The Morgan fingerprint density at radius 3 is 2.58 bits per heavy atom. The van der Waals surface area contributed by atoms with Gasteiger partial charge >= 0.3 is 5.97 Å². The van der Waals surface area contributed by atoms with Crippen LogP contribution < -0.4 is 0 Å². The molecule has 1 saturated carbocycles. The number of carbonyl (C=O) groups excluding carboxylic acids is 1. The second kappa shape index (κ2) is 4.72. The normalized spacial score (nSPS) is 17.0. The van der Waals surface area contributed by atoms with E-state index in [9.17, 15) is 13.2 Å². The van der Waals surface area contributed by atoms with E-state index in [0.29, 0.717) is 18.4 Å². The van der Waals surface area contributed by atoms with Gasteiger partial charge < -0.3 is 4.74 Å². The van der Waals surface area contributed by atoms with Crippen molar-refractivity contribution in [2.24, 2.45) is 0 Å². The molecule has 0 radical (unpaired) electrons. The Bertz CT molecular complexity index is 626. The Balaban J connectivity index is 2.40. The summed E-state index contributed by atoms with van der Waals surface area (Å²) in [5.74, 6) is -0.368. The summed E-state index contributed by atoms with van der Waals surface area (Å²) in [6.45, 7) is 2.00. The van der Waals surface area contributed by atoms with Gasteiger partial charge in [0, 0.05) is 18.0 Å². The molecule has 1 fully saturated rings. The highest BCUT2D eigenvalue weighted by atomic mass is 35.5. The third-order valence-corrected chi connectivity index (χ3v) is 4.13. The fraction of sp³-hybridized carbons (Fsp3) is 0.545. The molecule has 0 unspecified atom stereocenters. The van der Waals surface area contributed by atoms with Gasteiger partial charge in [-0.05, 0) is 19.8 Å². The number of sulfone groups is 1. The molecule has 1 heterocycles. The van der Waals surface area contributed by atoms with Crippen LogP contribution in [0.25, 0.3) is 0 Å². The smallest absolute Gasteiger partial charge is 0.316 e. The number of carbonyl (C=O) groups is 1. The molecule has 0 bridgehead atoms. The zero-order chi connectivity index (χ0) is 14.3. The van der Waals surface area contributed by atoms with E-state index < -0.39 is 15.3 Å². The number of hydrogen-bond donors (Lipinski definition) is 0. The first-order valence-corrected chi connectivity index (χ1v) is 7.98. The summed E-state index contributed by atoms with van der Waals surface area (Å²) in [4.78, 5) is 19.4. The van der Waals surface area contributed by atoms with Gasteiger partial charge in [0.05, 0.1) is 12.0 Å². The summed E-state index contributed by atoms with van der Waals surface area (Å²) in [5.41, 5.74) is -0.372. The first-order valence-electron chi connectivity index (χ1n) is 5.71. The third-order valence-electron chi connectivity index (χ3n) is 2.98. The number of hydrogen-bond acceptors (Lipinski definition) is 6. The van der Waals surface area contributed by atoms with Crippen LogP contribution in [0.4, 0.5) is 0 Å². The molecule has 6 nitrogen and oxygen atoms in total. The number of halogens is 1. The van der Waals surface area contributed by atoms with Gasteiger partial charge in [-0.3, -0.25) is 4.79 Å². The Morgan fingerprint density at radius 1 is 1.53 bits per heavy atom. The van der Waals surface area contributed by atoms with Crippen LogP contribution in [0.5, 0.6) is 0 Å². The molecule has 0 aliphatic heterocycles. The molecule has 0 atom stereocenters. The van der Waals surface area contributed by atoms with Crippen LogP contribution in [0.1, 0.15) is 25.3 Å². The quantitative estimate of drug-likeness (QED) is 0.471. The second-order valence-corrected chi connectivity index (χ2v) is 6.70. The van der Waals surface area contributed by atoms with Crippen molar-refractivity contribution in [3.63, 3.8) is 0 Å². The van der Waals surface area contributed by atoms with Crippen molar-refractivity contribution in [3.8, 4) is 0 Å². The number of esters is 1. The molecule has 1 aromatic rings. The topological polar surface area (TPSA) is 86.2 Å². The lowest BCUT2D eigenvalue weighted by atomic mass is 9.99. The minimum absolute atomic E-state index is 0.0130. The first kappa shape index (κ1) is 14.2. The van der Waals surface area contributed by atoms with Crippen LogP contribution in [-0.4, -0.2) is 37.2 Å². The molecular formula is C11H13ClN2O4S. The van der Waals surface area contributed by atoms with Crippen molar-refractivity contribution in [1.29, 1.82) is 0 Å². The number of aromatic nitrogens is 2. The maximum absolute atomic E-state index is 11.9. The van der Waals surface area contributed by atoms with Crippen molar-refractivity contribution >= 4 is 27.4 Å². The fourth-order valence-corrected chi connectivity index (χ4v) is 2.68. The largest absolute Gasteiger partial charge is 0.465 e. The van der Waals surface area contributed by atoms with E-state index >= 15 is 0 Å². The average Bonchev–Trinajstić information content (AvgIpc) is 3.09. The Hall–Kier alpha value is -1.21. The highest BCUT2D eigenvalue weighted by molar-refractivity contribution is 7.90. The van der Waals surface area contributed by atoms with Gasteiger partial charge in [0.25, 0.3) is 0 Å². The van der Waals surface area contributed by atoms with Crippen LogP contribution in [-0.2, 0) is 24.8 Å². The summed E-state index contributed by atoms with van der Waals surface area (Å²) in [7, 11) is -3.52. The molecule has 0 N–H and O–H groups in total. The van der Waals surface area contributed by atoms with E-state index in [1.165, 1.54) is 6.20 Å². The summed E-state index contributed by atoms with van der Waals surface area (Å²) in [6.07, 6.45) is 3.51. The van der Waals surface area contributed by atoms with Crippen molar-refractivity contribution in [2.75, 3.05) is 12.9 Å². The van der Waals surface area contributed by atoms with Crippen molar-refractivity contribution in [1.82, 2.24) is 9.97 Å². The van der Waals surface area contributed by atoms with E-state index in [1.54, 1.807) is 6.92 Å². The first-order chi connectivity index (χ1) is 8.81. The molecule has 0 aromatic carbocycles. The predicted molar refractivity (Wildman–Crippen MR) is 67.7 cm³/mol. The van der Waals surface area contributed by atoms with E-state index in [2.05, 4.69) is 9.97 Å². The zero-order valence-corrected chi connectivity index (χ0v) is 12.1. The molecule has 0 amide bonds. The van der Waals surface area contributed by atoms with Gasteiger partial charge in [-0.15, -0.1) is 0 Å². The molecule has 1 aliphatic rings. The number of nitrogens with zero attached hydrogens (tertiary/aromatic N) is 2. The van der Waals surface area contributed by atoms with E-state index in [0.717, 1.165) is 6.26 Å². The zero-order valence-electron chi connectivity index (χ0n) is 10.5. The molecule has 0 spiro atoms. The summed E-state index contributed by atoms with van der Waals surface area (Å²) in [6, 6.07) is 0. The molecule has 0 saturated heterocycles. The monoisotopic (exact) mass is 304 g/mol. The van der Waals surface area contributed by atoms with Crippen molar-refractivity contribution in [2.45, 2.75) is 30.3 Å². The van der Waals surface area contributed by atoms with Crippen LogP contribution in [0.15, 0.2) is 11.4 Å². The Kier molecular flexibility index (Phi) is 3.53. The molecule has 104 valence electrons.